The third-order valence-electron chi connectivity index (χ3n) is 6.67. The molecule has 1 N–H and O–H groups in total. The zero-order valence-corrected chi connectivity index (χ0v) is 24.2. The monoisotopic (exact) mass is 608 g/mol. The van der Waals surface area contributed by atoms with E-state index in [0.717, 1.165) is 23.3 Å². The molecule has 9 nitrogen and oxygen atoms in total. The fraction of sp³-hybridized carbons (Fsp3) is 0.233. The zero-order valence-electron chi connectivity index (χ0n) is 23.4. The van der Waals surface area contributed by atoms with Crippen molar-refractivity contribution in [1.82, 2.24) is 20.1 Å². The molecular weight excluding hydrogens is 581 g/mol. The van der Waals surface area contributed by atoms with Crippen LogP contribution in [0.1, 0.15) is 36.5 Å². The van der Waals surface area contributed by atoms with Gasteiger partial charge in [0, 0.05) is 18.2 Å². The maximum Gasteiger partial charge on any atom is 0.416 e. The van der Waals surface area contributed by atoms with Crippen molar-refractivity contribution in [3.8, 4) is 22.8 Å². The van der Waals surface area contributed by atoms with Crippen LogP contribution in [0.3, 0.4) is 0 Å². The van der Waals surface area contributed by atoms with Crippen molar-refractivity contribution in [3.63, 3.8) is 0 Å². The van der Waals surface area contributed by atoms with E-state index in [1.807, 2.05) is 26.0 Å². The maximum absolute atomic E-state index is 12.8. The maximum atomic E-state index is 12.8. The number of ether oxygens (including phenoxy) is 1. The van der Waals surface area contributed by atoms with Crippen molar-refractivity contribution in [2.75, 3.05) is 17.8 Å². The molecule has 13 heteroatoms. The number of aliphatic imine (C=N–C) groups is 1. The van der Waals surface area contributed by atoms with E-state index in [0.29, 0.717) is 33.7 Å². The van der Waals surface area contributed by atoms with Gasteiger partial charge in [-0.25, -0.2) is 14.5 Å². The number of aromatic nitrogens is 3. The van der Waals surface area contributed by atoms with Gasteiger partial charge in [0.15, 0.2) is 11.0 Å². The second kappa shape index (κ2) is 12.3. The van der Waals surface area contributed by atoms with Gasteiger partial charge in [-0.1, -0.05) is 55.9 Å². The molecular formula is C30H27F3N6O3S. The van der Waals surface area contributed by atoms with Gasteiger partial charge in [-0.15, -0.1) is 5.10 Å². The number of thioether (sulfide) groups is 1. The Labute approximate surface area is 249 Å². The molecule has 0 aliphatic carbocycles. The number of nitrogens with one attached hydrogen (secondary N) is 1. The van der Waals surface area contributed by atoms with Gasteiger partial charge in [-0.3, -0.25) is 9.69 Å². The highest BCUT2D eigenvalue weighted by atomic mass is 32.2. The number of alkyl halides is 3. The number of anilines is 1. The minimum absolute atomic E-state index is 0.131. The molecule has 3 aromatic carbocycles. The number of halogens is 3. The van der Waals surface area contributed by atoms with Gasteiger partial charge in [0.05, 0.1) is 29.8 Å². The number of carbonyl (C=O) groups excluding carboxylic acids is 2. The lowest BCUT2D eigenvalue weighted by Gasteiger charge is -2.22. The topological polar surface area (TPSA) is 102 Å². The van der Waals surface area contributed by atoms with E-state index in [1.54, 1.807) is 37.4 Å². The van der Waals surface area contributed by atoms with Crippen LogP contribution in [0.4, 0.5) is 23.7 Å². The fourth-order valence-corrected chi connectivity index (χ4v) is 5.27. The number of hydrogen-bond acceptors (Lipinski definition) is 6. The van der Waals surface area contributed by atoms with E-state index in [1.165, 1.54) is 39.8 Å². The number of amides is 3. The highest BCUT2D eigenvalue weighted by Gasteiger charge is 2.33. The van der Waals surface area contributed by atoms with Crippen LogP contribution < -0.4 is 15.0 Å². The lowest BCUT2D eigenvalue weighted by molar-refractivity contribution is -0.137. The average Bonchev–Trinajstić information content (AvgIpc) is 3.62. The summed E-state index contributed by atoms with van der Waals surface area (Å²) in [7, 11) is 1.55. The Morgan fingerprint density at radius 2 is 1.81 bits per heavy atom. The van der Waals surface area contributed by atoms with Crippen LogP contribution in [0.5, 0.6) is 5.75 Å². The predicted molar refractivity (Wildman–Crippen MR) is 158 cm³/mol. The van der Waals surface area contributed by atoms with Gasteiger partial charge in [-0.05, 0) is 47.4 Å². The molecule has 222 valence electrons. The van der Waals surface area contributed by atoms with Crippen LogP contribution in [0.2, 0.25) is 0 Å². The first kappa shape index (κ1) is 29.8. The van der Waals surface area contributed by atoms with Gasteiger partial charge in [-0.2, -0.15) is 18.2 Å². The molecule has 5 rings (SSSR count). The summed E-state index contributed by atoms with van der Waals surface area (Å²) in [5.41, 5.74) is 2.76. The number of benzene rings is 3. The lowest BCUT2D eigenvalue weighted by Crippen LogP contribution is -2.32. The van der Waals surface area contributed by atoms with Crippen LogP contribution in [-0.4, -0.2) is 44.7 Å². The number of amidine groups is 1. The summed E-state index contributed by atoms with van der Waals surface area (Å²) in [6, 6.07) is 16.7. The molecule has 0 saturated carbocycles. The summed E-state index contributed by atoms with van der Waals surface area (Å²) in [5, 5.41) is 7.41. The Hall–Kier alpha value is -4.65. The van der Waals surface area contributed by atoms with Crippen LogP contribution >= 0.6 is 11.8 Å². The summed E-state index contributed by atoms with van der Waals surface area (Å²) in [6.45, 7) is 4.24. The van der Waals surface area contributed by atoms with E-state index in [9.17, 15) is 22.8 Å². The normalized spacial score (nSPS) is 14.5. The Morgan fingerprint density at radius 1 is 1.09 bits per heavy atom. The Morgan fingerprint density at radius 3 is 2.47 bits per heavy atom. The van der Waals surface area contributed by atoms with Crippen molar-refractivity contribution in [2.45, 2.75) is 32.5 Å². The van der Waals surface area contributed by atoms with Crippen molar-refractivity contribution < 1.29 is 27.5 Å². The Bertz CT molecular complexity index is 1670. The number of hydrogen-bond donors (Lipinski definition) is 1. The molecule has 0 radical (unpaired) electrons. The number of carbonyl (C=O) groups is 2. The quantitative estimate of drug-likeness (QED) is 0.260. The van der Waals surface area contributed by atoms with Gasteiger partial charge in [0.1, 0.15) is 12.1 Å². The third kappa shape index (κ3) is 6.72. The highest BCUT2D eigenvalue weighted by molar-refractivity contribution is 8.15. The predicted octanol–water partition coefficient (Wildman–Crippen LogP) is 6.43. The molecule has 1 fully saturated rings. The molecule has 43 heavy (non-hydrogen) atoms. The van der Waals surface area contributed by atoms with Gasteiger partial charge in [0.25, 0.3) is 0 Å². The summed E-state index contributed by atoms with van der Waals surface area (Å²) in [5.74, 6) is 1.12. The molecule has 2 heterocycles. The van der Waals surface area contributed by atoms with Crippen molar-refractivity contribution in [1.29, 1.82) is 0 Å². The van der Waals surface area contributed by atoms with Crippen molar-refractivity contribution in [3.05, 3.63) is 89.7 Å². The molecule has 0 unspecified atom stereocenters. The van der Waals surface area contributed by atoms with Gasteiger partial charge in [0.2, 0.25) is 5.91 Å². The first-order chi connectivity index (χ1) is 20.5. The lowest BCUT2D eigenvalue weighted by atomic mass is 10.00. The number of urea groups is 1. The van der Waals surface area contributed by atoms with Crippen molar-refractivity contribution >= 4 is 34.6 Å². The van der Waals surface area contributed by atoms with E-state index < -0.39 is 17.8 Å². The smallest absolute Gasteiger partial charge is 0.416 e. The molecule has 0 bridgehead atoms. The molecule has 1 aromatic heterocycles. The number of methoxy groups -OCH3 is 1. The summed E-state index contributed by atoms with van der Waals surface area (Å²) in [4.78, 5) is 35.4. The van der Waals surface area contributed by atoms with Crippen LogP contribution in [-0.2, 0) is 17.5 Å². The summed E-state index contributed by atoms with van der Waals surface area (Å²) in [6.07, 6.45) is -2.99. The Kier molecular flexibility index (Phi) is 8.53. The van der Waals surface area contributed by atoms with E-state index >= 15 is 0 Å². The van der Waals surface area contributed by atoms with Crippen LogP contribution in [0.25, 0.3) is 17.1 Å². The zero-order chi connectivity index (χ0) is 30.7. The summed E-state index contributed by atoms with van der Waals surface area (Å²) >= 11 is 1.20. The minimum Gasteiger partial charge on any atom is -0.497 e. The van der Waals surface area contributed by atoms with E-state index in [2.05, 4.69) is 20.4 Å². The Balaban J connectivity index is 1.24. The van der Waals surface area contributed by atoms with E-state index in [-0.39, 0.29) is 24.1 Å². The molecule has 1 aliphatic heterocycles. The largest absolute Gasteiger partial charge is 0.497 e. The van der Waals surface area contributed by atoms with Gasteiger partial charge < -0.3 is 10.1 Å². The van der Waals surface area contributed by atoms with Gasteiger partial charge >= 0.3 is 12.2 Å². The molecule has 0 atom stereocenters. The standard InChI is InChI=1S/C30H27F3N6O3S/c1-18(2)24-13-12-23(42-3)14-25(24)39-26(40)16-43-29(39)36-28(41)34-15-19-4-6-20(7-5-19)27-35-17-38(37-27)22-10-8-21(9-11-22)30(31,32)33/h4-14,17-18H,15-16H2,1-3H3,(H,34,41)/b36-29-. The number of rotatable bonds is 7. The first-order valence-corrected chi connectivity index (χ1v) is 14.2. The second-order valence-electron chi connectivity index (χ2n) is 9.90. The third-order valence-corrected chi connectivity index (χ3v) is 7.59. The van der Waals surface area contributed by atoms with Crippen LogP contribution in [0, 0.1) is 0 Å². The fourth-order valence-electron chi connectivity index (χ4n) is 4.41. The number of nitrogens with zero attached hydrogens (tertiary/aromatic N) is 5. The minimum atomic E-state index is -4.41. The van der Waals surface area contributed by atoms with E-state index in [4.69, 9.17) is 4.74 Å². The second-order valence-corrected chi connectivity index (χ2v) is 10.8. The van der Waals surface area contributed by atoms with Crippen molar-refractivity contribution in [2.24, 2.45) is 4.99 Å². The molecule has 4 aromatic rings. The summed E-state index contributed by atoms with van der Waals surface area (Å²) < 4.78 is 45.3. The average molecular weight is 609 g/mol. The molecule has 3 amide bonds. The molecule has 1 saturated heterocycles. The SMILES string of the molecule is COc1ccc(C(C)C)c(N2C(=O)CS/C2=N\C(=O)NCc2ccc(-c3ncn(-c4ccc(C(F)(F)F)cc4)n3)cc2)c1. The highest BCUT2D eigenvalue weighted by Crippen LogP contribution is 2.36. The molecule has 1 aliphatic rings. The molecule has 0 spiro atoms. The van der Waals surface area contributed by atoms with Crippen LogP contribution in [0.15, 0.2) is 78.0 Å². The first-order valence-electron chi connectivity index (χ1n) is 13.2.